The van der Waals surface area contributed by atoms with E-state index in [0.29, 0.717) is 19.0 Å². The summed E-state index contributed by atoms with van der Waals surface area (Å²) in [6.07, 6.45) is -4.71. The van der Waals surface area contributed by atoms with Gasteiger partial charge < -0.3 is 9.47 Å². The quantitative estimate of drug-likeness (QED) is 0.541. The van der Waals surface area contributed by atoms with Gasteiger partial charge >= 0.3 is 6.18 Å². The lowest BCUT2D eigenvalue weighted by Gasteiger charge is -2.09. The van der Waals surface area contributed by atoms with Crippen LogP contribution in [-0.2, 0) is 19.0 Å². The average molecular weight is 328 g/mol. The Morgan fingerprint density at radius 3 is 2.24 bits per heavy atom. The molecule has 0 aliphatic rings. The number of benzene rings is 1. The predicted molar refractivity (Wildman–Crippen MR) is 67.6 cm³/mol. The van der Waals surface area contributed by atoms with Crippen LogP contribution in [0, 0.1) is 0 Å². The zero-order valence-electron chi connectivity index (χ0n) is 11.2. The molecule has 1 aromatic rings. The van der Waals surface area contributed by atoms with E-state index in [9.17, 15) is 21.6 Å². The van der Waals surface area contributed by atoms with E-state index in [2.05, 4.69) is 4.18 Å². The van der Waals surface area contributed by atoms with Crippen molar-refractivity contribution in [2.24, 2.45) is 0 Å². The fraction of sp³-hybridized carbons (Fsp3) is 0.500. The van der Waals surface area contributed by atoms with Gasteiger partial charge in [0.15, 0.2) is 6.61 Å². The molecule has 0 radical (unpaired) electrons. The van der Waals surface area contributed by atoms with E-state index >= 15 is 0 Å². The first-order valence-corrected chi connectivity index (χ1v) is 7.42. The van der Waals surface area contributed by atoms with Crippen molar-refractivity contribution in [3.8, 4) is 5.75 Å². The van der Waals surface area contributed by atoms with Gasteiger partial charge in [-0.15, -0.1) is 0 Å². The normalized spacial score (nSPS) is 12.4. The molecule has 0 spiro atoms. The van der Waals surface area contributed by atoms with Gasteiger partial charge in [-0.05, 0) is 31.2 Å². The Morgan fingerprint density at radius 1 is 1.10 bits per heavy atom. The molecule has 0 heterocycles. The summed E-state index contributed by atoms with van der Waals surface area (Å²) in [6.45, 7) is 1.19. The Hall–Kier alpha value is -1.32. The maximum Gasteiger partial charge on any atom is 0.413 e. The lowest BCUT2D eigenvalue weighted by atomic mass is 10.3. The molecular formula is C12H15F3O5S. The molecular weight excluding hydrogens is 313 g/mol. The third-order valence-electron chi connectivity index (χ3n) is 2.19. The number of alkyl halides is 3. The highest BCUT2D eigenvalue weighted by atomic mass is 32.2. The van der Waals surface area contributed by atoms with Gasteiger partial charge in [0.25, 0.3) is 10.1 Å². The van der Waals surface area contributed by atoms with E-state index in [1.54, 1.807) is 0 Å². The number of hydrogen-bond donors (Lipinski definition) is 0. The average Bonchev–Trinajstić information content (AvgIpc) is 2.41. The second kappa shape index (κ2) is 7.62. The van der Waals surface area contributed by atoms with Gasteiger partial charge in [-0.25, -0.2) is 0 Å². The summed E-state index contributed by atoms with van der Waals surface area (Å²) in [5, 5.41) is 0. The van der Waals surface area contributed by atoms with Crippen molar-refractivity contribution in [3.05, 3.63) is 24.3 Å². The molecule has 5 nitrogen and oxygen atoms in total. The molecule has 1 rings (SSSR count). The Labute approximate surface area is 120 Å². The van der Waals surface area contributed by atoms with Gasteiger partial charge in [0, 0.05) is 6.61 Å². The van der Waals surface area contributed by atoms with E-state index in [1.807, 2.05) is 6.92 Å². The highest BCUT2D eigenvalue weighted by Gasteiger charge is 2.31. The first-order chi connectivity index (χ1) is 9.74. The maximum absolute atomic E-state index is 11.9. The molecule has 0 aliphatic carbocycles. The molecule has 0 bridgehead atoms. The van der Waals surface area contributed by atoms with E-state index < -0.39 is 22.9 Å². The molecule has 0 saturated heterocycles. The lowest BCUT2D eigenvalue weighted by molar-refractivity contribution is -0.152. The van der Waals surface area contributed by atoms with Gasteiger partial charge in [-0.3, -0.25) is 4.18 Å². The van der Waals surface area contributed by atoms with Crippen molar-refractivity contribution in [2.45, 2.75) is 18.0 Å². The molecule has 1 aromatic carbocycles. The fourth-order valence-electron chi connectivity index (χ4n) is 1.28. The Morgan fingerprint density at radius 2 is 1.71 bits per heavy atom. The monoisotopic (exact) mass is 328 g/mol. The summed E-state index contributed by atoms with van der Waals surface area (Å²) in [6, 6.07) is 4.88. The zero-order valence-corrected chi connectivity index (χ0v) is 12.0. The van der Waals surface area contributed by atoms with Crippen LogP contribution in [0.4, 0.5) is 13.2 Å². The molecule has 0 aromatic heterocycles. The van der Waals surface area contributed by atoms with Crippen LogP contribution in [0.3, 0.4) is 0 Å². The molecule has 0 saturated carbocycles. The van der Waals surface area contributed by atoms with Crippen molar-refractivity contribution in [1.82, 2.24) is 0 Å². The maximum atomic E-state index is 11.9. The van der Waals surface area contributed by atoms with Gasteiger partial charge in [0.2, 0.25) is 0 Å². The summed E-state index contributed by atoms with van der Waals surface area (Å²) < 4.78 is 73.1. The highest BCUT2D eigenvalue weighted by Crippen LogP contribution is 2.21. The van der Waals surface area contributed by atoms with Crippen LogP contribution >= 0.6 is 0 Å². The Kier molecular flexibility index (Phi) is 6.43. The second-order valence-corrected chi connectivity index (χ2v) is 5.46. The topological polar surface area (TPSA) is 61.8 Å². The first kappa shape index (κ1) is 17.7. The number of halogens is 3. The van der Waals surface area contributed by atoms with Gasteiger partial charge in [0.05, 0.1) is 11.5 Å². The van der Waals surface area contributed by atoms with Crippen molar-refractivity contribution >= 4 is 10.1 Å². The minimum Gasteiger partial charge on any atom is -0.491 e. The Balaban J connectivity index is 2.60. The molecule has 0 atom stereocenters. The standard InChI is InChI=1S/C12H15F3O5S/c1-2-18-7-8-19-10-3-5-11(6-4-10)21(16,17)20-9-12(13,14)15/h3-6H,2,7-9H2,1H3. The van der Waals surface area contributed by atoms with Crippen LogP contribution in [-0.4, -0.2) is 41.0 Å². The van der Waals surface area contributed by atoms with Crippen LogP contribution < -0.4 is 4.74 Å². The van der Waals surface area contributed by atoms with Gasteiger partial charge in [0.1, 0.15) is 12.4 Å². The fourth-order valence-corrected chi connectivity index (χ4v) is 2.17. The molecule has 120 valence electrons. The molecule has 0 aliphatic heterocycles. The largest absolute Gasteiger partial charge is 0.491 e. The van der Waals surface area contributed by atoms with Crippen molar-refractivity contribution in [3.63, 3.8) is 0 Å². The third-order valence-corrected chi connectivity index (χ3v) is 3.47. The second-order valence-electron chi connectivity index (χ2n) is 3.85. The lowest BCUT2D eigenvalue weighted by Crippen LogP contribution is -2.20. The smallest absolute Gasteiger partial charge is 0.413 e. The van der Waals surface area contributed by atoms with E-state index in [1.165, 1.54) is 12.1 Å². The molecule has 0 amide bonds. The SMILES string of the molecule is CCOCCOc1ccc(S(=O)(=O)OCC(F)(F)F)cc1. The summed E-state index contributed by atoms with van der Waals surface area (Å²) in [5.74, 6) is 0.379. The minimum absolute atomic E-state index is 0.282. The predicted octanol–water partition coefficient (Wildman–Crippen LogP) is 2.37. The molecule has 21 heavy (non-hydrogen) atoms. The summed E-state index contributed by atoms with van der Waals surface area (Å²) >= 11 is 0. The van der Waals surface area contributed by atoms with Crippen LogP contribution in [0.5, 0.6) is 5.75 Å². The van der Waals surface area contributed by atoms with Crippen molar-refractivity contribution in [2.75, 3.05) is 26.4 Å². The van der Waals surface area contributed by atoms with E-state index in [4.69, 9.17) is 9.47 Å². The third kappa shape index (κ3) is 6.78. The van der Waals surface area contributed by atoms with Gasteiger partial charge in [-0.1, -0.05) is 0 Å². The first-order valence-electron chi connectivity index (χ1n) is 6.01. The van der Waals surface area contributed by atoms with Crippen LogP contribution in [0.2, 0.25) is 0 Å². The van der Waals surface area contributed by atoms with Gasteiger partial charge in [-0.2, -0.15) is 21.6 Å². The molecule has 0 unspecified atom stereocenters. The minimum atomic E-state index is -4.71. The van der Waals surface area contributed by atoms with Crippen molar-refractivity contribution < 1.29 is 35.2 Å². The number of ether oxygens (including phenoxy) is 2. The number of rotatable bonds is 8. The van der Waals surface area contributed by atoms with Crippen LogP contribution in [0.1, 0.15) is 6.92 Å². The molecule has 0 N–H and O–H groups in total. The highest BCUT2D eigenvalue weighted by molar-refractivity contribution is 7.86. The molecule has 0 fully saturated rings. The summed E-state index contributed by atoms with van der Waals surface area (Å²) in [5.41, 5.74) is 0. The van der Waals surface area contributed by atoms with E-state index in [0.717, 1.165) is 12.1 Å². The van der Waals surface area contributed by atoms with Crippen LogP contribution in [0.15, 0.2) is 29.2 Å². The summed E-state index contributed by atoms with van der Waals surface area (Å²) in [7, 11) is -4.44. The van der Waals surface area contributed by atoms with Crippen LogP contribution in [0.25, 0.3) is 0 Å². The Bertz CT molecular complexity index is 525. The van der Waals surface area contributed by atoms with E-state index in [-0.39, 0.29) is 11.5 Å². The van der Waals surface area contributed by atoms with Crippen molar-refractivity contribution in [1.29, 1.82) is 0 Å². The number of hydrogen-bond acceptors (Lipinski definition) is 5. The summed E-state index contributed by atoms with van der Waals surface area (Å²) in [4.78, 5) is -0.371. The molecule has 9 heteroatoms. The zero-order chi connectivity index (χ0) is 15.9.